The molecule has 0 amide bonds. The number of hydrogen-bond acceptors (Lipinski definition) is 5. The first-order valence-electron chi connectivity index (χ1n) is 11.2. The van der Waals surface area contributed by atoms with Crippen molar-refractivity contribution in [1.82, 2.24) is 4.98 Å². The molecule has 2 aromatic carbocycles. The lowest BCUT2D eigenvalue weighted by Gasteiger charge is -2.21. The molecule has 0 bridgehead atoms. The summed E-state index contributed by atoms with van der Waals surface area (Å²) in [5, 5.41) is 12.8. The molecular formula is C28H29FN2O3. The molecule has 3 aromatic rings. The van der Waals surface area contributed by atoms with Crippen molar-refractivity contribution in [2.45, 2.75) is 31.7 Å². The predicted molar refractivity (Wildman–Crippen MR) is 133 cm³/mol. The van der Waals surface area contributed by atoms with Crippen LogP contribution in [0.3, 0.4) is 0 Å². The molecule has 0 aliphatic rings. The number of allylic oxidation sites excluding steroid dienone is 1. The molecule has 1 heterocycles. The molecule has 0 saturated heterocycles. The maximum absolute atomic E-state index is 14.3. The number of pyridine rings is 1. The highest BCUT2D eigenvalue weighted by atomic mass is 19.1. The summed E-state index contributed by atoms with van der Waals surface area (Å²) in [5.74, 6) is -0.766. The molecule has 2 unspecified atom stereocenters. The number of aromatic hydroxyl groups is 1. The van der Waals surface area contributed by atoms with Crippen LogP contribution in [0.1, 0.15) is 36.9 Å². The Balaban J connectivity index is 2.01. The van der Waals surface area contributed by atoms with E-state index in [-0.39, 0.29) is 24.1 Å². The predicted octanol–water partition coefficient (Wildman–Crippen LogP) is 6.22. The van der Waals surface area contributed by atoms with Gasteiger partial charge in [-0.25, -0.2) is 9.18 Å². The maximum atomic E-state index is 14.3. The van der Waals surface area contributed by atoms with Gasteiger partial charge >= 0.3 is 5.97 Å². The SMILES string of the molecule is C=CCC(Nc1ccc(F)cc1-c1cccc(C(CC=C)c2ccc(O)cn2)c1)C(=O)OCC. The van der Waals surface area contributed by atoms with Crippen LogP contribution in [0.2, 0.25) is 0 Å². The smallest absolute Gasteiger partial charge is 0.328 e. The third kappa shape index (κ3) is 6.10. The van der Waals surface area contributed by atoms with E-state index >= 15 is 0 Å². The zero-order chi connectivity index (χ0) is 24.5. The van der Waals surface area contributed by atoms with Crippen LogP contribution in [-0.2, 0) is 9.53 Å². The van der Waals surface area contributed by atoms with Crippen LogP contribution in [0.25, 0.3) is 11.1 Å². The minimum atomic E-state index is -0.639. The zero-order valence-electron chi connectivity index (χ0n) is 19.2. The number of aromatic nitrogens is 1. The zero-order valence-corrected chi connectivity index (χ0v) is 19.2. The fourth-order valence-electron chi connectivity index (χ4n) is 3.81. The molecule has 5 nitrogen and oxygen atoms in total. The van der Waals surface area contributed by atoms with Crippen molar-refractivity contribution < 1.29 is 19.0 Å². The number of benzene rings is 2. The largest absolute Gasteiger partial charge is 0.506 e. The third-order valence-electron chi connectivity index (χ3n) is 5.41. The Labute approximate surface area is 199 Å². The second-order valence-electron chi connectivity index (χ2n) is 7.81. The topological polar surface area (TPSA) is 71.5 Å². The van der Waals surface area contributed by atoms with Gasteiger partial charge in [-0.3, -0.25) is 4.98 Å². The highest BCUT2D eigenvalue weighted by Gasteiger charge is 2.21. The number of esters is 1. The van der Waals surface area contributed by atoms with E-state index in [0.717, 1.165) is 16.8 Å². The number of nitrogens with one attached hydrogen (secondary N) is 1. The Morgan fingerprint density at radius 3 is 2.62 bits per heavy atom. The van der Waals surface area contributed by atoms with Gasteiger partial charge in [0.1, 0.15) is 17.6 Å². The van der Waals surface area contributed by atoms with Crippen LogP contribution in [0, 0.1) is 5.82 Å². The van der Waals surface area contributed by atoms with Crippen LogP contribution in [0.5, 0.6) is 5.75 Å². The average Bonchev–Trinajstić information content (AvgIpc) is 2.84. The normalized spacial score (nSPS) is 12.4. The first kappa shape index (κ1) is 24.7. The summed E-state index contributed by atoms with van der Waals surface area (Å²) >= 11 is 0. The van der Waals surface area contributed by atoms with Crippen molar-refractivity contribution in [2.24, 2.45) is 0 Å². The first-order chi connectivity index (χ1) is 16.5. The molecule has 0 aliphatic heterocycles. The molecule has 1 aromatic heterocycles. The lowest BCUT2D eigenvalue weighted by atomic mass is 9.89. The van der Waals surface area contributed by atoms with Crippen molar-refractivity contribution in [2.75, 3.05) is 11.9 Å². The molecule has 176 valence electrons. The summed E-state index contributed by atoms with van der Waals surface area (Å²) in [4.78, 5) is 16.8. The highest BCUT2D eigenvalue weighted by molar-refractivity contribution is 5.84. The molecule has 2 atom stereocenters. The molecule has 0 fully saturated rings. The second-order valence-corrected chi connectivity index (χ2v) is 7.81. The number of anilines is 1. The van der Waals surface area contributed by atoms with Crippen molar-refractivity contribution >= 4 is 11.7 Å². The van der Waals surface area contributed by atoms with Gasteiger partial charge in [-0.2, -0.15) is 0 Å². The van der Waals surface area contributed by atoms with Crippen LogP contribution in [-0.4, -0.2) is 28.7 Å². The summed E-state index contributed by atoms with van der Waals surface area (Å²) in [5.41, 5.74) is 3.78. The van der Waals surface area contributed by atoms with E-state index in [9.17, 15) is 14.3 Å². The quantitative estimate of drug-likeness (QED) is 0.263. The Morgan fingerprint density at radius 2 is 1.94 bits per heavy atom. The van der Waals surface area contributed by atoms with Gasteiger partial charge in [0.25, 0.3) is 0 Å². The van der Waals surface area contributed by atoms with Crippen LogP contribution in [0.15, 0.2) is 86.1 Å². The number of nitrogens with zero attached hydrogens (tertiary/aromatic N) is 1. The molecule has 0 radical (unpaired) electrons. The number of ether oxygens (including phenoxy) is 1. The standard InChI is InChI=1S/C28H29FN2O3/c1-4-8-23(25-15-13-22(32)18-30-25)19-10-7-11-20(16-19)24-17-21(29)12-14-26(24)31-27(9-5-2)28(33)34-6-3/h4-5,7,10-18,23,27,31-32H,1-2,6,8-9H2,3H3. The minimum Gasteiger partial charge on any atom is -0.506 e. The van der Waals surface area contributed by atoms with Gasteiger partial charge in [0.15, 0.2) is 0 Å². The number of rotatable bonds is 11. The van der Waals surface area contributed by atoms with E-state index in [2.05, 4.69) is 23.5 Å². The van der Waals surface area contributed by atoms with Gasteiger partial charge < -0.3 is 15.2 Å². The fraction of sp³-hybridized carbons (Fsp3) is 0.214. The van der Waals surface area contributed by atoms with Crippen LogP contribution >= 0.6 is 0 Å². The molecular weight excluding hydrogens is 431 g/mol. The maximum Gasteiger partial charge on any atom is 0.328 e. The third-order valence-corrected chi connectivity index (χ3v) is 5.41. The average molecular weight is 461 g/mol. The number of carbonyl (C=O) groups is 1. The lowest BCUT2D eigenvalue weighted by molar-refractivity contribution is -0.143. The lowest BCUT2D eigenvalue weighted by Crippen LogP contribution is -2.31. The summed E-state index contributed by atoms with van der Waals surface area (Å²) in [7, 11) is 0. The summed E-state index contributed by atoms with van der Waals surface area (Å²) in [6.07, 6.45) is 5.88. The molecule has 6 heteroatoms. The van der Waals surface area contributed by atoms with Crippen LogP contribution in [0.4, 0.5) is 10.1 Å². The van der Waals surface area contributed by atoms with E-state index < -0.39 is 12.0 Å². The number of carbonyl (C=O) groups excluding carboxylic acids is 1. The van der Waals surface area contributed by atoms with Crippen LogP contribution < -0.4 is 5.32 Å². The second kappa shape index (κ2) is 11.8. The van der Waals surface area contributed by atoms with Crippen molar-refractivity contribution in [3.63, 3.8) is 0 Å². The van der Waals surface area contributed by atoms with Crippen molar-refractivity contribution in [3.8, 4) is 16.9 Å². The molecule has 2 N–H and O–H groups in total. The van der Waals surface area contributed by atoms with E-state index in [1.165, 1.54) is 18.3 Å². The monoisotopic (exact) mass is 460 g/mol. The molecule has 0 saturated carbocycles. The summed E-state index contributed by atoms with van der Waals surface area (Å²) in [6.45, 7) is 9.61. The van der Waals surface area contributed by atoms with Gasteiger partial charge in [-0.05, 0) is 61.2 Å². The summed E-state index contributed by atoms with van der Waals surface area (Å²) < 4.78 is 19.5. The number of hydrogen-bond donors (Lipinski definition) is 2. The van der Waals surface area contributed by atoms with Gasteiger partial charge in [-0.1, -0.05) is 36.4 Å². The Hall–Kier alpha value is -3.93. The minimum absolute atomic E-state index is 0.0870. The molecule has 3 rings (SSSR count). The van der Waals surface area contributed by atoms with Gasteiger partial charge in [0.05, 0.1) is 12.8 Å². The molecule has 34 heavy (non-hydrogen) atoms. The molecule has 0 spiro atoms. The first-order valence-corrected chi connectivity index (χ1v) is 11.2. The van der Waals surface area contributed by atoms with Gasteiger partial charge in [0.2, 0.25) is 0 Å². The van der Waals surface area contributed by atoms with E-state index in [1.807, 2.05) is 30.3 Å². The van der Waals surface area contributed by atoms with Gasteiger partial charge in [-0.15, -0.1) is 13.2 Å². The number of halogens is 1. The Morgan fingerprint density at radius 1 is 1.15 bits per heavy atom. The van der Waals surface area contributed by atoms with Gasteiger partial charge in [0, 0.05) is 22.9 Å². The van der Waals surface area contributed by atoms with Crippen molar-refractivity contribution in [1.29, 1.82) is 0 Å². The van der Waals surface area contributed by atoms with E-state index in [0.29, 0.717) is 24.1 Å². The van der Waals surface area contributed by atoms with Crippen molar-refractivity contribution in [3.05, 3.63) is 103 Å². The Kier molecular flexibility index (Phi) is 8.57. The fourth-order valence-corrected chi connectivity index (χ4v) is 3.81. The van der Waals surface area contributed by atoms with E-state index in [4.69, 9.17) is 4.74 Å². The molecule has 0 aliphatic carbocycles. The Bertz CT molecular complexity index is 1140. The highest BCUT2D eigenvalue weighted by Crippen LogP contribution is 2.34. The van der Waals surface area contributed by atoms with E-state index in [1.54, 1.807) is 31.2 Å². The summed E-state index contributed by atoms with van der Waals surface area (Å²) in [6, 6.07) is 14.9.